The van der Waals surface area contributed by atoms with Gasteiger partial charge in [-0.15, -0.1) is 0 Å². The highest BCUT2D eigenvalue weighted by Crippen LogP contribution is 2.29. The zero-order valence-corrected chi connectivity index (χ0v) is 14.8. The summed E-state index contributed by atoms with van der Waals surface area (Å²) in [4.78, 5) is 34.0. The Morgan fingerprint density at radius 3 is 2.00 bits per heavy atom. The van der Waals surface area contributed by atoms with Gasteiger partial charge in [0.25, 0.3) is 0 Å². The van der Waals surface area contributed by atoms with Crippen LogP contribution in [0.5, 0.6) is 0 Å². The van der Waals surface area contributed by atoms with Crippen molar-refractivity contribution in [2.24, 2.45) is 0 Å². The summed E-state index contributed by atoms with van der Waals surface area (Å²) in [6.45, 7) is 4.64. The monoisotopic (exact) mass is 364 g/mol. The highest BCUT2D eigenvalue weighted by molar-refractivity contribution is 5.67. The third-order valence-electron chi connectivity index (χ3n) is 3.23. The van der Waals surface area contributed by atoms with E-state index in [0.29, 0.717) is 0 Å². The van der Waals surface area contributed by atoms with Gasteiger partial charge in [0.2, 0.25) is 0 Å². The minimum absolute atomic E-state index is 0.258. The molecule has 1 unspecified atom stereocenters. The Labute approximate surface area is 145 Å². The quantitative estimate of drug-likeness (QED) is 0.359. The first-order valence-electron chi connectivity index (χ1n) is 7.65. The van der Waals surface area contributed by atoms with Gasteiger partial charge in [0.1, 0.15) is 12.7 Å². The topological polar surface area (TPSA) is 127 Å². The van der Waals surface area contributed by atoms with E-state index in [-0.39, 0.29) is 6.61 Å². The molecule has 6 atom stereocenters. The van der Waals surface area contributed by atoms with Gasteiger partial charge in [-0.25, -0.2) is 0 Å². The van der Waals surface area contributed by atoms with E-state index in [0.717, 1.165) is 0 Å². The smallest absolute Gasteiger partial charge is 0.303 e. The second kappa shape index (κ2) is 9.66. The molecular formula is C15H24O10. The number of carbonyl (C=O) groups is 3. The Morgan fingerprint density at radius 2 is 1.56 bits per heavy atom. The molecule has 1 rings (SSSR count). The number of ether oxygens (including phenoxy) is 6. The standard InChI is InChI=1S/C15H24O10/c1-7(16)21-6-11-12(22-8(2)17)13(23-9(3)18)14(24-10(4)19)15(20-5)25-11/h10-15,19H,6H2,1-5H3/t10?,11-,12-,13+,14+,15+/m0/s1. The normalized spacial score (nSPS) is 30.2. The fourth-order valence-corrected chi connectivity index (χ4v) is 2.43. The number of hydrogen-bond acceptors (Lipinski definition) is 10. The summed E-state index contributed by atoms with van der Waals surface area (Å²) < 4.78 is 31.5. The molecule has 0 amide bonds. The van der Waals surface area contributed by atoms with Crippen molar-refractivity contribution in [3.63, 3.8) is 0 Å². The predicted molar refractivity (Wildman–Crippen MR) is 80.0 cm³/mol. The summed E-state index contributed by atoms with van der Waals surface area (Å²) in [6, 6.07) is 0. The van der Waals surface area contributed by atoms with Crippen LogP contribution in [0.4, 0.5) is 0 Å². The summed E-state index contributed by atoms with van der Waals surface area (Å²) >= 11 is 0. The van der Waals surface area contributed by atoms with Crippen molar-refractivity contribution >= 4 is 17.9 Å². The lowest BCUT2D eigenvalue weighted by atomic mass is 9.98. The van der Waals surface area contributed by atoms with Crippen LogP contribution in [0.3, 0.4) is 0 Å². The van der Waals surface area contributed by atoms with Crippen LogP contribution in [0.25, 0.3) is 0 Å². The number of aliphatic hydroxyl groups is 1. The second-order valence-electron chi connectivity index (χ2n) is 5.43. The Morgan fingerprint density at radius 1 is 1.00 bits per heavy atom. The van der Waals surface area contributed by atoms with Crippen molar-refractivity contribution in [3.8, 4) is 0 Å². The molecule has 10 heteroatoms. The van der Waals surface area contributed by atoms with E-state index in [1.54, 1.807) is 0 Å². The number of aliphatic hydroxyl groups excluding tert-OH is 1. The van der Waals surface area contributed by atoms with Crippen LogP contribution < -0.4 is 0 Å². The molecule has 1 heterocycles. The molecule has 0 aromatic heterocycles. The van der Waals surface area contributed by atoms with E-state index in [2.05, 4.69) is 0 Å². The molecule has 25 heavy (non-hydrogen) atoms. The van der Waals surface area contributed by atoms with Crippen molar-refractivity contribution < 1.29 is 47.9 Å². The molecule has 0 aromatic rings. The van der Waals surface area contributed by atoms with Crippen molar-refractivity contribution in [1.29, 1.82) is 0 Å². The lowest BCUT2D eigenvalue weighted by Gasteiger charge is -2.44. The van der Waals surface area contributed by atoms with Gasteiger partial charge < -0.3 is 33.5 Å². The molecule has 1 aliphatic heterocycles. The highest BCUT2D eigenvalue weighted by Gasteiger charge is 2.51. The minimum atomic E-state index is -1.23. The van der Waals surface area contributed by atoms with Crippen LogP contribution in [-0.2, 0) is 42.8 Å². The molecular weight excluding hydrogens is 340 g/mol. The zero-order chi connectivity index (χ0) is 19.1. The van der Waals surface area contributed by atoms with E-state index in [1.807, 2.05) is 0 Å². The zero-order valence-electron chi connectivity index (χ0n) is 14.8. The third kappa shape index (κ3) is 6.58. The Kier molecular flexibility index (Phi) is 8.23. The molecule has 0 radical (unpaired) electrons. The Balaban J connectivity index is 3.16. The number of carbonyl (C=O) groups excluding carboxylic acids is 3. The molecule has 1 aliphatic rings. The second-order valence-corrected chi connectivity index (χ2v) is 5.43. The molecule has 0 saturated carbocycles. The molecule has 0 bridgehead atoms. The van der Waals surface area contributed by atoms with Gasteiger partial charge >= 0.3 is 17.9 Å². The number of methoxy groups -OCH3 is 1. The van der Waals surface area contributed by atoms with Crippen LogP contribution in [0.15, 0.2) is 0 Å². The Bertz CT molecular complexity index is 477. The van der Waals surface area contributed by atoms with E-state index in [1.165, 1.54) is 34.8 Å². The van der Waals surface area contributed by atoms with Gasteiger partial charge in [-0.2, -0.15) is 0 Å². The van der Waals surface area contributed by atoms with Gasteiger partial charge in [-0.3, -0.25) is 14.4 Å². The molecule has 10 nitrogen and oxygen atoms in total. The van der Waals surface area contributed by atoms with Crippen molar-refractivity contribution in [3.05, 3.63) is 0 Å². The molecule has 0 spiro atoms. The fourth-order valence-electron chi connectivity index (χ4n) is 2.43. The van der Waals surface area contributed by atoms with E-state index >= 15 is 0 Å². The summed E-state index contributed by atoms with van der Waals surface area (Å²) in [6.07, 6.45) is -6.60. The SMILES string of the molecule is CO[C@@H]1O[C@@H](COC(C)=O)[C@H](OC(C)=O)[C@@H](OC(C)=O)[C@H]1OC(C)O. The fraction of sp³-hybridized carbons (Fsp3) is 0.800. The highest BCUT2D eigenvalue weighted by atomic mass is 16.7. The molecule has 0 aromatic carbocycles. The molecule has 1 saturated heterocycles. The van der Waals surface area contributed by atoms with Crippen LogP contribution in [-0.4, -0.2) is 73.7 Å². The van der Waals surface area contributed by atoms with Gasteiger partial charge in [0.15, 0.2) is 30.9 Å². The van der Waals surface area contributed by atoms with E-state index in [4.69, 9.17) is 28.4 Å². The summed E-state index contributed by atoms with van der Waals surface area (Å²) in [5.41, 5.74) is 0. The first-order valence-corrected chi connectivity index (χ1v) is 7.65. The number of rotatable bonds is 7. The van der Waals surface area contributed by atoms with Crippen LogP contribution >= 0.6 is 0 Å². The molecule has 0 aliphatic carbocycles. The van der Waals surface area contributed by atoms with E-state index < -0.39 is 54.9 Å². The number of hydrogen-bond donors (Lipinski definition) is 1. The lowest BCUT2D eigenvalue weighted by molar-refractivity contribution is -0.325. The minimum Gasteiger partial charge on any atom is -0.463 e. The van der Waals surface area contributed by atoms with Crippen LogP contribution in [0.2, 0.25) is 0 Å². The molecule has 1 N–H and O–H groups in total. The first-order chi connectivity index (χ1) is 11.6. The largest absolute Gasteiger partial charge is 0.463 e. The van der Waals surface area contributed by atoms with Crippen molar-refractivity contribution in [1.82, 2.24) is 0 Å². The van der Waals surface area contributed by atoms with Crippen molar-refractivity contribution in [2.75, 3.05) is 13.7 Å². The Hall–Kier alpha value is -1.75. The first kappa shape index (κ1) is 21.3. The van der Waals surface area contributed by atoms with Gasteiger partial charge in [-0.05, 0) is 6.92 Å². The van der Waals surface area contributed by atoms with Crippen LogP contribution in [0.1, 0.15) is 27.7 Å². The van der Waals surface area contributed by atoms with Crippen LogP contribution in [0, 0.1) is 0 Å². The maximum absolute atomic E-state index is 11.5. The van der Waals surface area contributed by atoms with Crippen molar-refractivity contribution in [2.45, 2.75) is 64.7 Å². The maximum atomic E-state index is 11.5. The van der Waals surface area contributed by atoms with E-state index in [9.17, 15) is 19.5 Å². The third-order valence-corrected chi connectivity index (χ3v) is 3.23. The summed E-state index contributed by atoms with van der Waals surface area (Å²) in [7, 11) is 1.32. The van der Waals surface area contributed by atoms with Gasteiger partial charge in [-0.1, -0.05) is 0 Å². The maximum Gasteiger partial charge on any atom is 0.303 e. The molecule has 144 valence electrons. The predicted octanol–water partition coefficient (Wildman–Crippen LogP) is -0.492. The molecule has 1 fully saturated rings. The summed E-state index contributed by atoms with van der Waals surface area (Å²) in [5.74, 6) is -1.89. The van der Waals surface area contributed by atoms with Gasteiger partial charge in [0, 0.05) is 27.9 Å². The summed E-state index contributed by atoms with van der Waals surface area (Å²) in [5, 5.41) is 9.53. The average molecular weight is 364 g/mol. The lowest BCUT2D eigenvalue weighted by Crippen LogP contribution is -2.62. The average Bonchev–Trinajstić information content (AvgIpc) is 2.48. The number of esters is 3. The van der Waals surface area contributed by atoms with Gasteiger partial charge in [0.05, 0.1) is 0 Å².